The molecule has 0 bridgehead atoms. The largest absolute Gasteiger partial charge is 0.477 e. The van der Waals surface area contributed by atoms with Crippen LogP contribution in [0.2, 0.25) is 0 Å². The van der Waals surface area contributed by atoms with Crippen molar-refractivity contribution >= 4 is 17.7 Å². The fraction of sp³-hybridized carbons (Fsp3) is 0.182. The summed E-state index contributed by atoms with van der Waals surface area (Å²) in [5.41, 5.74) is 0.369. The number of aromatic carboxylic acids is 1. The van der Waals surface area contributed by atoms with Gasteiger partial charge in [0, 0.05) is 6.54 Å². The highest BCUT2D eigenvalue weighted by molar-refractivity contribution is 5.90. The lowest BCUT2D eigenvalue weighted by Crippen LogP contribution is -2.29. The molecule has 0 aliphatic rings. The van der Waals surface area contributed by atoms with E-state index in [1.165, 1.54) is 18.3 Å². The topological polar surface area (TPSA) is 91.3 Å². The molecule has 0 saturated heterocycles. The number of hydrogen-bond acceptors (Lipinski definition) is 3. The lowest BCUT2D eigenvalue weighted by atomic mass is 10.3. The SMILES string of the molecule is C=CCCNC(=O)Nc1ccc(C(=O)O)nc1. The highest BCUT2D eigenvalue weighted by atomic mass is 16.4. The molecule has 0 aliphatic heterocycles. The van der Waals surface area contributed by atoms with Crippen molar-refractivity contribution in [1.82, 2.24) is 10.3 Å². The minimum absolute atomic E-state index is 0.0670. The molecule has 3 N–H and O–H groups in total. The Labute approximate surface area is 98.4 Å². The lowest BCUT2D eigenvalue weighted by Gasteiger charge is -2.06. The molecule has 0 aromatic carbocycles. The Morgan fingerprint density at radius 2 is 2.24 bits per heavy atom. The number of carboxylic acids is 1. The Bertz CT molecular complexity index is 414. The van der Waals surface area contributed by atoms with Gasteiger partial charge in [0.1, 0.15) is 5.69 Å². The fourth-order valence-electron chi connectivity index (χ4n) is 1.06. The zero-order valence-corrected chi connectivity index (χ0v) is 9.14. The predicted octanol–water partition coefficient (Wildman–Crippen LogP) is 1.48. The molecule has 0 radical (unpaired) electrons. The molecule has 6 heteroatoms. The van der Waals surface area contributed by atoms with Gasteiger partial charge in [0.15, 0.2) is 0 Å². The van der Waals surface area contributed by atoms with Gasteiger partial charge < -0.3 is 15.7 Å². The Morgan fingerprint density at radius 3 is 2.76 bits per heavy atom. The molecule has 0 aliphatic carbocycles. The maximum atomic E-state index is 11.3. The Morgan fingerprint density at radius 1 is 1.47 bits per heavy atom. The van der Waals surface area contributed by atoms with Crippen LogP contribution in [-0.4, -0.2) is 28.6 Å². The highest BCUT2D eigenvalue weighted by Gasteiger charge is 2.05. The van der Waals surface area contributed by atoms with E-state index in [0.717, 1.165) is 0 Å². The van der Waals surface area contributed by atoms with Crippen LogP contribution in [0.3, 0.4) is 0 Å². The summed E-state index contributed by atoms with van der Waals surface area (Å²) in [5.74, 6) is -1.10. The van der Waals surface area contributed by atoms with Crippen molar-refractivity contribution in [3.63, 3.8) is 0 Å². The van der Waals surface area contributed by atoms with Crippen LogP contribution in [0.15, 0.2) is 31.0 Å². The molecule has 6 nitrogen and oxygen atoms in total. The number of nitrogens with zero attached hydrogens (tertiary/aromatic N) is 1. The van der Waals surface area contributed by atoms with Crippen LogP contribution in [0.5, 0.6) is 0 Å². The van der Waals surface area contributed by atoms with Gasteiger partial charge >= 0.3 is 12.0 Å². The number of hydrogen-bond donors (Lipinski definition) is 3. The second-order valence-corrected chi connectivity index (χ2v) is 3.20. The maximum absolute atomic E-state index is 11.3. The molecule has 0 fully saturated rings. The summed E-state index contributed by atoms with van der Waals surface area (Å²) >= 11 is 0. The van der Waals surface area contributed by atoms with Gasteiger partial charge in [-0.15, -0.1) is 6.58 Å². The third-order valence-corrected chi connectivity index (χ3v) is 1.87. The van der Waals surface area contributed by atoms with Gasteiger partial charge in [-0.1, -0.05) is 6.08 Å². The third-order valence-electron chi connectivity index (χ3n) is 1.87. The summed E-state index contributed by atoms with van der Waals surface area (Å²) in [6.45, 7) is 4.03. The number of carbonyl (C=O) groups excluding carboxylic acids is 1. The Balaban J connectivity index is 2.48. The number of nitrogens with one attached hydrogen (secondary N) is 2. The van der Waals surface area contributed by atoms with E-state index in [4.69, 9.17) is 5.11 Å². The van der Waals surface area contributed by atoms with Gasteiger partial charge in [-0.25, -0.2) is 14.6 Å². The first-order valence-corrected chi connectivity index (χ1v) is 4.98. The van der Waals surface area contributed by atoms with Crippen LogP contribution in [0.4, 0.5) is 10.5 Å². The minimum atomic E-state index is -1.10. The number of pyridine rings is 1. The van der Waals surface area contributed by atoms with Crippen molar-refractivity contribution in [1.29, 1.82) is 0 Å². The molecule has 1 aromatic rings. The van der Waals surface area contributed by atoms with Gasteiger partial charge in [-0.05, 0) is 18.6 Å². The number of rotatable bonds is 5. The highest BCUT2D eigenvalue weighted by Crippen LogP contribution is 2.05. The number of aromatic nitrogens is 1. The summed E-state index contributed by atoms with van der Waals surface area (Å²) in [6, 6.07) is 2.43. The molecule has 1 heterocycles. The van der Waals surface area contributed by atoms with Crippen molar-refractivity contribution in [2.75, 3.05) is 11.9 Å². The maximum Gasteiger partial charge on any atom is 0.354 e. The molecule has 1 rings (SSSR count). The monoisotopic (exact) mass is 235 g/mol. The molecular formula is C11H13N3O3. The predicted molar refractivity (Wildman–Crippen MR) is 63.0 cm³/mol. The number of carbonyl (C=O) groups is 2. The molecule has 17 heavy (non-hydrogen) atoms. The van der Waals surface area contributed by atoms with Crippen LogP contribution in [0.25, 0.3) is 0 Å². The van der Waals surface area contributed by atoms with E-state index in [1.54, 1.807) is 6.08 Å². The van der Waals surface area contributed by atoms with Crippen LogP contribution in [0.1, 0.15) is 16.9 Å². The van der Waals surface area contributed by atoms with Crippen molar-refractivity contribution in [2.24, 2.45) is 0 Å². The number of urea groups is 1. The third kappa shape index (κ3) is 4.33. The van der Waals surface area contributed by atoms with Crippen LogP contribution < -0.4 is 10.6 Å². The van der Waals surface area contributed by atoms with Crippen molar-refractivity contribution in [3.8, 4) is 0 Å². The zero-order chi connectivity index (χ0) is 12.7. The normalized spacial score (nSPS) is 9.41. The van der Waals surface area contributed by atoms with Gasteiger partial charge in [0.05, 0.1) is 11.9 Å². The summed E-state index contributed by atoms with van der Waals surface area (Å²) in [6.07, 6.45) is 3.67. The van der Waals surface area contributed by atoms with Crippen LogP contribution >= 0.6 is 0 Å². The van der Waals surface area contributed by atoms with E-state index in [-0.39, 0.29) is 11.7 Å². The van der Waals surface area contributed by atoms with E-state index in [9.17, 15) is 9.59 Å². The van der Waals surface area contributed by atoms with Crippen molar-refractivity contribution in [2.45, 2.75) is 6.42 Å². The number of amides is 2. The van der Waals surface area contributed by atoms with Crippen molar-refractivity contribution in [3.05, 3.63) is 36.7 Å². The van der Waals surface area contributed by atoms with Crippen LogP contribution in [-0.2, 0) is 0 Å². The standard InChI is InChI=1S/C11H13N3O3/c1-2-3-6-12-11(17)14-8-4-5-9(10(15)16)13-7-8/h2,4-5,7H,1,3,6H2,(H,15,16)(H2,12,14,17). The first-order chi connectivity index (χ1) is 8.13. The summed E-state index contributed by atoms with van der Waals surface area (Å²) in [4.78, 5) is 25.5. The molecule has 90 valence electrons. The summed E-state index contributed by atoms with van der Waals surface area (Å²) in [5, 5.41) is 13.8. The number of anilines is 1. The second kappa shape index (κ2) is 6.26. The Hall–Kier alpha value is -2.37. The molecular weight excluding hydrogens is 222 g/mol. The van der Waals surface area contributed by atoms with E-state index in [2.05, 4.69) is 22.2 Å². The van der Waals surface area contributed by atoms with Gasteiger partial charge in [-0.3, -0.25) is 0 Å². The van der Waals surface area contributed by atoms with Gasteiger partial charge in [0.25, 0.3) is 0 Å². The molecule has 2 amide bonds. The first-order valence-electron chi connectivity index (χ1n) is 4.98. The molecule has 0 spiro atoms. The molecule has 0 unspecified atom stereocenters. The van der Waals surface area contributed by atoms with Gasteiger partial charge in [-0.2, -0.15) is 0 Å². The molecule has 1 aromatic heterocycles. The average Bonchev–Trinajstić information content (AvgIpc) is 2.30. The van der Waals surface area contributed by atoms with E-state index in [0.29, 0.717) is 18.7 Å². The summed E-state index contributed by atoms with van der Waals surface area (Å²) < 4.78 is 0. The zero-order valence-electron chi connectivity index (χ0n) is 9.14. The van der Waals surface area contributed by atoms with E-state index < -0.39 is 5.97 Å². The quantitative estimate of drug-likeness (QED) is 0.532. The molecule has 0 saturated carbocycles. The summed E-state index contributed by atoms with van der Waals surface area (Å²) in [7, 11) is 0. The smallest absolute Gasteiger partial charge is 0.354 e. The minimum Gasteiger partial charge on any atom is -0.477 e. The van der Waals surface area contributed by atoms with E-state index in [1.807, 2.05) is 0 Å². The van der Waals surface area contributed by atoms with Gasteiger partial charge in [0.2, 0.25) is 0 Å². The van der Waals surface area contributed by atoms with Crippen LogP contribution in [0, 0.1) is 0 Å². The average molecular weight is 235 g/mol. The first kappa shape index (κ1) is 12.7. The lowest BCUT2D eigenvalue weighted by molar-refractivity contribution is 0.0690. The Kier molecular flexibility index (Phi) is 4.68. The number of carboxylic acid groups (broad SMARTS) is 1. The fourth-order valence-corrected chi connectivity index (χ4v) is 1.06. The molecule has 0 atom stereocenters. The van der Waals surface area contributed by atoms with E-state index >= 15 is 0 Å². The van der Waals surface area contributed by atoms with Crippen molar-refractivity contribution < 1.29 is 14.7 Å². The second-order valence-electron chi connectivity index (χ2n) is 3.20.